The van der Waals surface area contributed by atoms with E-state index in [1.165, 1.54) is 21.6 Å². The SMILES string of the molecule is C/C(=C\c1ccccc1O)CC[C@H]1OC[C@H]2C1=C(C(C)C)C[C@H]1C(=O)N(Cc3cccs3)C(=O)[C@H]12. The Hall–Kier alpha value is -2.70. The van der Waals surface area contributed by atoms with Gasteiger partial charge in [0.15, 0.2) is 0 Å². The maximum atomic E-state index is 13.5. The number of phenolic OH excluding ortho intramolecular Hbond substituents is 1. The van der Waals surface area contributed by atoms with Gasteiger partial charge < -0.3 is 9.84 Å². The van der Waals surface area contributed by atoms with Crippen molar-refractivity contribution in [3.8, 4) is 5.75 Å². The summed E-state index contributed by atoms with van der Waals surface area (Å²) in [7, 11) is 0. The van der Waals surface area contributed by atoms with E-state index in [2.05, 4.69) is 20.8 Å². The predicted molar refractivity (Wildman–Crippen MR) is 138 cm³/mol. The lowest BCUT2D eigenvalue weighted by Crippen LogP contribution is -2.35. The van der Waals surface area contributed by atoms with Crippen LogP contribution in [0.1, 0.15) is 50.5 Å². The summed E-state index contributed by atoms with van der Waals surface area (Å²) in [5.41, 5.74) is 4.57. The van der Waals surface area contributed by atoms with Crippen LogP contribution in [0.4, 0.5) is 0 Å². The second-order valence-corrected chi connectivity index (χ2v) is 11.4. The van der Waals surface area contributed by atoms with Crippen LogP contribution in [-0.4, -0.2) is 34.5 Å². The Labute approximate surface area is 211 Å². The maximum Gasteiger partial charge on any atom is 0.234 e. The summed E-state index contributed by atoms with van der Waals surface area (Å²) in [5.74, 6) is -0.0348. The molecule has 184 valence electrons. The summed E-state index contributed by atoms with van der Waals surface area (Å²) >= 11 is 1.58. The van der Waals surface area contributed by atoms with E-state index in [4.69, 9.17) is 4.74 Å². The zero-order chi connectivity index (χ0) is 24.7. The van der Waals surface area contributed by atoms with Crippen LogP contribution in [0.25, 0.3) is 6.08 Å². The van der Waals surface area contributed by atoms with Gasteiger partial charge in [0.1, 0.15) is 5.75 Å². The van der Waals surface area contributed by atoms with Gasteiger partial charge in [-0.3, -0.25) is 14.5 Å². The quantitative estimate of drug-likeness (QED) is 0.392. The third kappa shape index (κ3) is 4.50. The first-order chi connectivity index (χ1) is 16.8. The molecule has 0 unspecified atom stereocenters. The molecule has 2 aromatic rings. The zero-order valence-electron chi connectivity index (χ0n) is 20.6. The molecule has 5 rings (SSSR count). The van der Waals surface area contributed by atoms with Crippen LogP contribution in [-0.2, 0) is 20.9 Å². The van der Waals surface area contributed by atoms with Crippen molar-refractivity contribution in [2.24, 2.45) is 23.7 Å². The van der Waals surface area contributed by atoms with E-state index < -0.39 is 0 Å². The van der Waals surface area contributed by atoms with E-state index in [1.54, 1.807) is 17.4 Å². The Morgan fingerprint density at radius 2 is 1.97 bits per heavy atom. The number of carbonyl (C=O) groups excluding carboxylic acids is 2. The summed E-state index contributed by atoms with van der Waals surface area (Å²) < 4.78 is 6.32. The molecule has 3 aliphatic rings. The lowest BCUT2D eigenvalue weighted by molar-refractivity contribution is -0.140. The standard InChI is InChI=1S/C29H33NO4S/c1-17(2)21-14-22-27(29(33)30(28(22)32)15-20-8-6-12-35-20)23-16-34-25(26(21)23)11-10-18(3)13-19-7-4-5-9-24(19)31/h4-9,12-13,17,22-23,25,27,31H,10-11,14-16H2,1-3H3/b18-13+/t22-,23+,25-,27-/m1/s1. The first-order valence-corrected chi connectivity index (χ1v) is 13.4. The van der Waals surface area contributed by atoms with Gasteiger partial charge in [0.2, 0.25) is 11.8 Å². The Balaban J connectivity index is 1.36. The number of hydrogen-bond acceptors (Lipinski definition) is 5. The van der Waals surface area contributed by atoms with Gasteiger partial charge in [-0.05, 0) is 55.2 Å². The lowest BCUT2D eigenvalue weighted by atomic mass is 9.67. The van der Waals surface area contributed by atoms with Crippen LogP contribution >= 0.6 is 11.3 Å². The number of aromatic hydroxyl groups is 1. The number of hydrogen-bond donors (Lipinski definition) is 1. The molecule has 5 nitrogen and oxygen atoms in total. The van der Waals surface area contributed by atoms with E-state index in [-0.39, 0.29) is 41.4 Å². The molecule has 1 aliphatic carbocycles. The van der Waals surface area contributed by atoms with Gasteiger partial charge in [-0.25, -0.2) is 0 Å². The fraction of sp³-hybridized carbons (Fsp3) is 0.448. The average molecular weight is 492 g/mol. The van der Waals surface area contributed by atoms with Crippen molar-refractivity contribution in [3.05, 3.63) is 68.9 Å². The fourth-order valence-corrected chi connectivity index (χ4v) is 6.74. The molecule has 6 heteroatoms. The highest BCUT2D eigenvalue weighted by atomic mass is 32.1. The number of nitrogens with zero attached hydrogens (tertiary/aromatic N) is 1. The molecule has 1 N–H and O–H groups in total. The second-order valence-electron chi connectivity index (χ2n) is 10.3. The van der Waals surface area contributed by atoms with Crippen LogP contribution in [0.5, 0.6) is 5.75 Å². The van der Waals surface area contributed by atoms with Gasteiger partial charge >= 0.3 is 0 Å². The molecule has 2 saturated heterocycles. The summed E-state index contributed by atoms with van der Waals surface area (Å²) in [4.78, 5) is 29.4. The van der Waals surface area contributed by atoms with Crippen molar-refractivity contribution in [1.29, 1.82) is 0 Å². The van der Waals surface area contributed by atoms with Gasteiger partial charge in [-0.2, -0.15) is 0 Å². The van der Waals surface area contributed by atoms with E-state index in [1.807, 2.05) is 41.8 Å². The summed E-state index contributed by atoms with van der Waals surface area (Å²) in [6.07, 6.45) is 4.33. The number of imide groups is 1. The first kappa shape index (κ1) is 24.0. The zero-order valence-corrected chi connectivity index (χ0v) is 21.4. The van der Waals surface area contributed by atoms with Crippen LogP contribution < -0.4 is 0 Å². The third-order valence-corrected chi connectivity index (χ3v) is 8.63. The Morgan fingerprint density at radius 1 is 1.17 bits per heavy atom. The van der Waals surface area contributed by atoms with E-state index in [9.17, 15) is 14.7 Å². The average Bonchev–Trinajstić information content (AvgIpc) is 3.55. The molecule has 0 bridgehead atoms. The number of likely N-dealkylation sites (tertiary alicyclic amines) is 1. The molecule has 2 fully saturated rings. The van der Waals surface area contributed by atoms with Crippen LogP contribution in [0.15, 0.2) is 58.5 Å². The molecular formula is C29H33NO4S. The molecular weight excluding hydrogens is 458 g/mol. The number of ether oxygens (including phenoxy) is 1. The van der Waals surface area contributed by atoms with Gasteiger partial charge in [0.05, 0.1) is 31.1 Å². The smallest absolute Gasteiger partial charge is 0.234 e. The van der Waals surface area contributed by atoms with E-state index >= 15 is 0 Å². The van der Waals surface area contributed by atoms with Crippen LogP contribution in [0.3, 0.4) is 0 Å². The number of fused-ring (bicyclic) bond motifs is 3. The highest BCUT2D eigenvalue weighted by Gasteiger charge is 2.57. The van der Waals surface area contributed by atoms with Crippen LogP contribution in [0.2, 0.25) is 0 Å². The van der Waals surface area contributed by atoms with Crippen LogP contribution in [0, 0.1) is 23.7 Å². The molecule has 2 amide bonds. The third-order valence-electron chi connectivity index (χ3n) is 7.77. The Kier molecular flexibility index (Phi) is 6.69. The number of rotatable bonds is 7. The van der Waals surface area contributed by atoms with Crippen molar-refractivity contribution in [3.63, 3.8) is 0 Å². The van der Waals surface area contributed by atoms with Gasteiger partial charge in [-0.1, -0.05) is 55.3 Å². The molecule has 0 radical (unpaired) electrons. The normalized spacial score (nSPS) is 26.6. The van der Waals surface area contributed by atoms with Crippen molar-refractivity contribution in [1.82, 2.24) is 4.90 Å². The van der Waals surface area contributed by atoms with Crippen molar-refractivity contribution < 1.29 is 19.4 Å². The maximum absolute atomic E-state index is 13.5. The number of allylic oxidation sites excluding steroid dienone is 2. The molecule has 35 heavy (non-hydrogen) atoms. The largest absolute Gasteiger partial charge is 0.507 e. The molecule has 0 saturated carbocycles. The molecule has 4 atom stereocenters. The molecule has 3 heterocycles. The number of phenols is 1. The van der Waals surface area contributed by atoms with Gasteiger partial charge in [0.25, 0.3) is 0 Å². The Morgan fingerprint density at radius 3 is 2.69 bits per heavy atom. The minimum absolute atomic E-state index is 0.0108. The molecule has 1 aromatic carbocycles. The highest BCUT2D eigenvalue weighted by molar-refractivity contribution is 7.09. The topological polar surface area (TPSA) is 66.8 Å². The van der Waals surface area contributed by atoms with Gasteiger partial charge in [0, 0.05) is 16.4 Å². The van der Waals surface area contributed by atoms with Crippen molar-refractivity contribution >= 4 is 29.2 Å². The molecule has 2 aliphatic heterocycles. The van der Waals surface area contributed by atoms with E-state index in [0.717, 1.165) is 23.3 Å². The molecule has 0 spiro atoms. The van der Waals surface area contributed by atoms with Gasteiger partial charge in [-0.15, -0.1) is 11.3 Å². The lowest BCUT2D eigenvalue weighted by Gasteiger charge is -2.33. The minimum Gasteiger partial charge on any atom is -0.507 e. The second kappa shape index (κ2) is 9.75. The van der Waals surface area contributed by atoms with Crippen molar-refractivity contribution in [2.45, 2.75) is 52.7 Å². The number of carbonyl (C=O) groups is 2. The first-order valence-electron chi connectivity index (χ1n) is 12.5. The fourth-order valence-electron chi connectivity index (χ4n) is 6.04. The summed E-state index contributed by atoms with van der Waals surface area (Å²) in [5, 5.41) is 12.1. The van der Waals surface area contributed by atoms with Crippen molar-refractivity contribution in [2.75, 3.05) is 6.61 Å². The monoisotopic (exact) mass is 491 g/mol. The summed E-state index contributed by atoms with van der Waals surface area (Å²) in [6.45, 7) is 7.33. The highest BCUT2D eigenvalue weighted by Crippen LogP contribution is 2.51. The number of benzene rings is 1. The predicted octanol–water partition coefficient (Wildman–Crippen LogP) is 5.81. The minimum atomic E-state index is -0.303. The van der Waals surface area contributed by atoms with E-state index in [0.29, 0.717) is 25.5 Å². The molecule has 1 aromatic heterocycles. The number of para-hydroxylation sites is 1. The number of amides is 2. The number of thiophene rings is 1. The Bertz CT molecular complexity index is 1180. The summed E-state index contributed by atoms with van der Waals surface area (Å²) in [6, 6.07) is 11.3.